The molecular weight excluding hydrogens is 266 g/mol. The molecule has 3 N–H and O–H groups in total. The van der Waals surface area contributed by atoms with Crippen molar-refractivity contribution in [2.75, 3.05) is 0 Å². The van der Waals surface area contributed by atoms with E-state index in [-0.39, 0.29) is 12.3 Å². The van der Waals surface area contributed by atoms with Crippen LogP contribution in [0.2, 0.25) is 0 Å². The highest BCUT2D eigenvalue weighted by Crippen LogP contribution is 2.62. The van der Waals surface area contributed by atoms with Crippen molar-refractivity contribution in [3.8, 4) is 0 Å². The van der Waals surface area contributed by atoms with Crippen molar-refractivity contribution in [2.45, 2.75) is 44.8 Å². The van der Waals surface area contributed by atoms with E-state index < -0.39 is 41.0 Å². The minimum Gasteiger partial charge on any atom is -0.481 e. The van der Waals surface area contributed by atoms with Crippen LogP contribution in [0.1, 0.15) is 33.6 Å². The number of carboxylic acids is 2. The molecule has 0 radical (unpaired) electrons. The number of hydrogen-bond acceptors (Lipinski definition) is 4. The maximum Gasteiger partial charge on any atom is 0.408 e. The zero-order chi connectivity index (χ0) is 15.3. The fraction of sp³-hybridized carbons (Fsp3) is 0.769. The minimum atomic E-state index is -1.52. The third-order valence-corrected chi connectivity index (χ3v) is 4.00. The summed E-state index contributed by atoms with van der Waals surface area (Å²) in [7, 11) is 0. The van der Waals surface area contributed by atoms with Gasteiger partial charge in [0.25, 0.3) is 0 Å². The Morgan fingerprint density at radius 1 is 1.25 bits per heavy atom. The minimum absolute atomic E-state index is 0.168. The van der Waals surface area contributed by atoms with Gasteiger partial charge in [-0.05, 0) is 39.5 Å². The lowest BCUT2D eigenvalue weighted by Crippen LogP contribution is -2.56. The fourth-order valence-electron chi connectivity index (χ4n) is 3.24. The van der Waals surface area contributed by atoms with E-state index >= 15 is 0 Å². The quantitative estimate of drug-likeness (QED) is 0.715. The number of rotatable bonds is 3. The van der Waals surface area contributed by atoms with Crippen LogP contribution in [-0.4, -0.2) is 39.4 Å². The lowest BCUT2D eigenvalue weighted by atomic mass is 9.90. The Balaban J connectivity index is 2.15. The molecule has 2 fully saturated rings. The Morgan fingerprint density at radius 3 is 2.25 bits per heavy atom. The van der Waals surface area contributed by atoms with Crippen molar-refractivity contribution in [1.82, 2.24) is 5.32 Å². The van der Waals surface area contributed by atoms with Crippen LogP contribution in [0.3, 0.4) is 0 Å². The predicted molar refractivity (Wildman–Crippen MR) is 67.1 cm³/mol. The number of carbonyl (C=O) groups excluding carboxylic acids is 1. The second kappa shape index (κ2) is 4.36. The van der Waals surface area contributed by atoms with Gasteiger partial charge < -0.3 is 20.3 Å². The van der Waals surface area contributed by atoms with E-state index in [2.05, 4.69) is 5.32 Å². The van der Waals surface area contributed by atoms with Crippen molar-refractivity contribution >= 4 is 18.0 Å². The van der Waals surface area contributed by atoms with Crippen LogP contribution in [0, 0.1) is 17.8 Å². The van der Waals surface area contributed by atoms with Gasteiger partial charge in [0.1, 0.15) is 11.1 Å². The Bertz CT molecular complexity index is 468. The highest BCUT2D eigenvalue weighted by molar-refractivity contribution is 5.89. The van der Waals surface area contributed by atoms with Crippen LogP contribution in [-0.2, 0) is 14.3 Å². The molecule has 0 aliphatic heterocycles. The van der Waals surface area contributed by atoms with Crippen LogP contribution in [0.4, 0.5) is 4.79 Å². The topological polar surface area (TPSA) is 113 Å². The highest BCUT2D eigenvalue weighted by atomic mass is 16.6. The van der Waals surface area contributed by atoms with Gasteiger partial charge in [-0.3, -0.25) is 4.79 Å². The SMILES string of the molecule is CC(C)(C)OC(=O)NC1(C(=O)O)CCC2[C@H](C(=O)O)[C@H]21. The second-order valence-corrected chi connectivity index (χ2v) is 6.50. The summed E-state index contributed by atoms with van der Waals surface area (Å²) in [6, 6.07) is 0. The molecule has 2 aliphatic rings. The van der Waals surface area contributed by atoms with Gasteiger partial charge in [-0.1, -0.05) is 0 Å². The average molecular weight is 285 g/mol. The molecule has 0 aromatic rings. The monoisotopic (exact) mass is 285 g/mol. The number of aliphatic carboxylic acids is 2. The smallest absolute Gasteiger partial charge is 0.408 e. The summed E-state index contributed by atoms with van der Waals surface area (Å²) in [5, 5.41) is 20.9. The highest BCUT2D eigenvalue weighted by Gasteiger charge is 2.72. The van der Waals surface area contributed by atoms with Crippen molar-refractivity contribution in [1.29, 1.82) is 0 Å². The molecule has 0 heterocycles. The first kappa shape index (κ1) is 14.6. The molecule has 2 aliphatic carbocycles. The summed E-state index contributed by atoms with van der Waals surface area (Å²) in [6.45, 7) is 5.03. The van der Waals surface area contributed by atoms with Crippen LogP contribution < -0.4 is 5.32 Å². The third-order valence-electron chi connectivity index (χ3n) is 4.00. The predicted octanol–water partition coefficient (Wildman–Crippen LogP) is 1.08. The molecular formula is C13H19NO6. The van der Waals surface area contributed by atoms with Gasteiger partial charge >= 0.3 is 18.0 Å². The van der Waals surface area contributed by atoms with Gasteiger partial charge in [0.2, 0.25) is 0 Å². The van der Waals surface area contributed by atoms with E-state index in [0.29, 0.717) is 6.42 Å². The Hall–Kier alpha value is -1.79. The molecule has 7 nitrogen and oxygen atoms in total. The second-order valence-electron chi connectivity index (χ2n) is 6.50. The number of carbonyl (C=O) groups is 3. The molecule has 7 heteroatoms. The van der Waals surface area contributed by atoms with Crippen molar-refractivity contribution in [3.63, 3.8) is 0 Å². The molecule has 0 aromatic carbocycles. The van der Waals surface area contributed by atoms with Crippen molar-refractivity contribution in [2.24, 2.45) is 17.8 Å². The number of fused-ring (bicyclic) bond motifs is 1. The molecule has 2 rings (SSSR count). The number of carboxylic acid groups (broad SMARTS) is 2. The lowest BCUT2D eigenvalue weighted by Gasteiger charge is -2.30. The molecule has 0 bridgehead atoms. The first-order valence-electron chi connectivity index (χ1n) is 6.56. The summed E-state index contributed by atoms with van der Waals surface area (Å²) in [4.78, 5) is 34.5. The molecule has 2 unspecified atom stereocenters. The molecule has 20 heavy (non-hydrogen) atoms. The first-order valence-corrected chi connectivity index (χ1v) is 6.56. The first-order chi connectivity index (χ1) is 9.08. The Morgan fingerprint density at radius 2 is 1.85 bits per heavy atom. The maximum absolute atomic E-state index is 11.8. The van der Waals surface area contributed by atoms with Crippen LogP contribution >= 0.6 is 0 Å². The lowest BCUT2D eigenvalue weighted by molar-refractivity contribution is -0.147. The summed E-state index contributed by atoms with van der Waals surface area (Å²) < 4.78 is 5.08. The molecule has 112 valence electrons. The molecule has 0 saturated heterocycles. The van der Waals surface area contributed by atoms with E-state index in [4.69, 9.17) is 9.84 Å². The van der Waals surface area contributed by atoms with Crippen LogP contribution in [0.25, 0.3) is 0 Å². The van der Waals surface area contributed by atoms with E-state index in [0.717, 1.165) is 0 Å². The summed E-state index contributed by atoms with van der Waals surface area (Å²) in [6.07, 6.45) is -0.0960. The van der Waals surface area contributed by atoms with Crippen molar-refractivity contribution in [3.05, 3.63) is 0 Å². The largest absolute Gasteiger partial charge is 0.481 e. The number of hydrogen-bond donors (Lipinski definition) is 3. The summed E-state index contributed by atoms with van der Waals surface area (Å²) in [5.74, 6) is -3.60. The molecule has 0 spiro atoms. The van der Waals surface area contributed by atoms with Gasteiger partial charge in [0.15, 0.2) is 0 Å². The molecule has 1 amide bonds. The van der Waals surface area contributed by atoms with Gasteiger partial charge in [0, 0.05) is 5.92 Å². The number of alkyl carbamates (subject to hydrolysis) is 1. The van der Waals surface area contributed by atoms with Crippen LogP contribution in [0.5, 0.6) is 0 Å². The normalized spacial score (nSPS) is 35.0. The third kappa shape index (κ3) is 2.32. The van der Waals surface area contributed by atoms with Gasteiger partial charge in [0.05, 0.1) is 5.92 Å². The zero-order valence-electron chi connectivity index (χ0n) is 11.7. The maximum atomic E-state index is 11.8. The molecule has 4 atom stereocenters. The average Bonchev–Trinajstić information content (AvgIpc) is 2.87. The Kier molecular flexibility index (Phi) is 3.19. The van der Waals surface area contributed by atoms with E-state index in [9.17, 15) is 19.5 Å². The number of nitrogens with one attached hydrogen (secondary N) is 1. The summed E-state index contributed by atoms with van der Waals surface area (Å²) in [5.41, 5.74) is -2.26. The zero-order valence-corrected chi connectivity index (χ0v) is 11.7. The standard InChI is InChI=1S/C13H19NO6/c1-12(2,3)20-11(19)14-13(10(17)18)5-4-6-7(8(6)13)9(15)16/h6-8H,4-5H2,1-3H3,(H,14,19)(H,15,16)(H,17,18)/t6?,7-,8-,13?/m0/s1. The van der Waals surface area contributed by atoms with E-state index in [1.165, 1.54) is 0 Å². The number of amides is 1. The number of ether oxygens (including phenoxy) is 1. The van der Waals surface area contributed by atoms with Gasteiger partial charge in [-0.25, -0.2) is 9.59 Å². The van der Waals surface area contributed by atoms with E-state index in [1.807, 2.05) is 0 Å². The Labute approximate surface area is 116 Å². The van der Waals surface area contributed by atoms with Crippen LogP contribution in [0.15, 0.2) is 0 Å². The van der Waals surface area contributed by atoms with Crippen molar-refractivity contribution < 1.29 is 29.3 Å². The van der Waals surface area contributed by atoms with Gasteiger partial charge in [-0.15, -0.1) is 0 Å². The van der Waals surface area contributed by atoms with E-state index in [1.54, 1.807) is 20.8 Å². The molecule has 0 aromatic heterocycles. The van der Waals surface area contributed by atoms with Gasteiger partial charge in [-0.2, -0.15) is 0 Å². The molecule has 2 saturated carbocycles. The fourth-order valence-corrected chi connectivity index (χ4v) is 3.24. The summed E-state index contributed by atoms with van der Waals surface area (Å²) >= 11 is 0.